The molecule has 0 radical (unpaired) electrons. The van der Waals surface area contributed by atoms with Gasteiger partial charge in [-0.1, -0.05) is 32.1 Å². The van der Waals surface area contributed by atoms with Crippen molar-refractivity contribution in [2.24, 2.45) is 5.92 Å². The van der Waals surface area contributed by atoms with Crippen LogP contribution in [0.3, 0.4) is 0 Å². The molecule has 1 aromatic heterocycles. The van der Waals surface area contributed by atoms with Crippen LogP contribution in [-0.4, -0.2) is 42.3 Å². The molecule has 1 aromatic carbocycles. The first-order chi connectivity index (χ1) is 15.0. The topological polar surface area (TPSA) is 71.4 Å². The van der Waals surface area contributed by atoms with Crippen molar-refractivity contribution in [2.45, 2.75) is 82.2 Å². The number of hydrogen-bond donors (Lipinski definition) is 1. The van der Waals surface area contributed by atoms with E-state index >= 15 is 0 Å². The molecule has 2 fully saturated rings. The van der Waals surface area contributed by atoms with Gasteiger partial charge in [0.25, 0.3) is 0 Å². The van der Waals surface area contributed by atoms with Crippen LogP contribution in [0.4, 0.5) is 0 Å². The first kappa shape index (κ1) is 22.3. The van der Waals surface area contributed by atoms with Gasteiger partial charge in [-0.2, -0.15) is 4.31 Å². The van der Waals surface area contributed by atoms with Crippen molar-refractivity contribution in [3.63, 3.8) is 0 Å². The minimum atomic E-state index is -3.62. The lowest BCUT2D eigenvalue weighted by Gasteiger charge is -2.32. The van der Waals surface area contributed by atoms with Crippen molar-refractivity contribution in [1.29, 1.82) is 0 Å². The SMILES string of the molecule is CCn1ccc2cc(S(=O)(=O)N3CCCC(C(=O)NC4CCCCCCC4)C3)ccc21. The standard InChI is InChI=1S/C24H35N3O3S/c1-2-26-16-14-19-17-22(12-13-23(19)26)31(29,30)27-15-8-9-20(18-27)24(28)25-21-10-6-4-3-5-7-11-21/h12-14,16-17,20-21H,2-11,15,18H2,1H3,(H,25,28). The first-order valence-corrected chi connectivity index (χ1v) is 13.3. The Labute approximate surface area is 186 Å². The van der Waals surface area contributed by atoms with Gasteiger partial charge in [0, 0.05) is 42.8 Å². The minimum Gasteiger partial charge on any atom is -0.353 e. The third-order valence-electron chi connectivity index (χ3n) is 6.93. The monoisotopic (exact) mass is 445 g/mol. The molecule has 1 atom stereocenters. The van der Waals surface area contributed by atoms with Gasteiger partial charge in [0.2, 0.25) is 15.9 Å². The number of aromatic nitrogens is 1. The summed E-state index contributed by atoms with van der Waals surface area (Å²) in [6, 6.07) is 7.54. The molecule has 31 heavy (non-hydrogen) atoms. The zero-order valence-electron chi connectivity index (χ0n) is 18.6. The maximum atomic E-state index is 13.3. The van der Waals surface area contributed by atoms with Crippen LogP contribution in [-0.2, 0) is 21.4 Å². The van der Waals surface area contributed by atoms with Gasteiger partial charge in [-0.3, -0.25) is 4.79 Å². The number of piperidine rings is 1. The van der Waals surface area contributed by atoms with Crippen LogP contribution in [0.15, 0.2) is 35.4 Å². The molecule has 2 heterocycles. The molecule has 4 rings (SSSR count). The molecule has 170 valence electrons. The zero-order valence-corrected chi connectivity index (χ0v) is 19.4. The summed E-state index contributed by atoms with van der Waals surface area (Å²) in [6.07, 6.45) is 11.6. The number of amides is 1. The fourth-order valence-electron chi connectivity index (χ4n) is 5.06. The van der Waals surface area contributed by atoms with Crippen LogP contribution >= 0.6 is 0 Å². The fourth-order valence-corrected chi connectivity index (χ4v) is 6.62. The predicted octanol–water partition coefficient (Wildman–Crippen LogP) is 4.29. The van der Waals surface area contributed by atoms with Gasteiger partial charge in [0.1, 0.15) is 0 Å². The highest BCUT2D eigenvalue weighted by molar-refractivity contribution is 7.89. The van der Waals surface area contributed by atoms with Crippen molar-refractivity contribution in [3.8, 4) is 0 Å². The second-order valence-electron chi connectivity index (χ2n) is 9.08. The molecule has 1 saturated heterocycles. The highest BCUT2D eigenvalue weighted by atomic mass is 32.2. The van der Waals surface area contributed by atoms with Gasteiger partial charge < -0.3 is 9.88 Å². The molecule has 7 heteroatoms. The van der Waals surface area contributed by atoms with E-state index in [1.807, 2.05) is 18.3 Å². The van der Waals surface area contributed by atoms with Crippen LogP contribution in [0.25, 0.3) is 10.9 Å². The molecule has 1 saturated carbocycles. The number of hydrogen-bond acceptors (Lipinski definition) is 3. The summed E-state index contributed by atoms with van der Waals surface area (Å²) in [4.78, 5) is 13.3. The van der Waals surface area contributed by atoms with Crippen molar-refractivity contribution >= 4 is 26.8 Å². The van der Waals surface area contributed by atoms with E-state index in [1.54, 1.807) is 12.1 Å². The highest BCUT2D eigenvalue weighted by Gasteiger charge is 2.34. The van der Waals surface area contributed by atoms with E-state index in [2.05, 4.69) is 16.8 Å². The number of nitrogens with zero attached hydrogens (tertiary/aromatic N) is 2. The Morgan fingerprint density at radius 2 is 1.77 bits per heavy atom. The highest BCUT2D eigenvalue weighted by Crippen LogP contribution is 2.27. The predicted molar refractivity (Wildman–Crippen MR) is 123 cm³/mol. The smallest absolute Gasteiger partial charge is 0.243 e. The molecule has 1 aliphatic heterocycles. The fraction of sp³-hybridized carbons (Fsp3) is 0.625. The quantitative estimate of drug-likeness (QED) is 0.746. The number of nitrogens with one attached hydrogen (secondary N) is 1. The minimum absolute atomic E-state index is 0.0287. The molecule has 2 aromatic rings. The largest absolute Gasteiger partial charge is 0.353 e. The summed E-state index contributed by atoms with van der Waals surface area (Å²) in [5.74, 6) is -0.236. The Morgan fingerprint density at radius 3 is 2.52 bits per heavy atom. The van der Waals surface area contributed by atoms with E-state index in [4.69, 9.17) is 0 Å². The van der Waals surface area contributed by atoms with E-state index in [9.17, 15) is 13.2 Å². The van der Waals surface area contributed by atoms with Crippen LogP contribution in [0, 0.1) is 5.92 Å². The van der Waals surface area contributed by atoms with Gasteiger partial charge in [0.05, 0.1) is 10.8 Å². The molecule has 1 unspecified atom stereocenters. The number of carbonyl (C=O) groups excluding carboxylic acids is 1. The summed E-state index contributed by atoms with van der Waals surface area (Å²) in [5.41, 5.74) is 1.04. The normalized spacial score (nSPS) is 22.2. The summed E-state index contributed by atoms with van der Waals surface area (Å²) in [5, 5.41) is 4.17. The number of carbonyl (C=O) groups is 1. The average Bonchev–Trinajstić information content (AvgIpc) is 3.18. The molecule has 1 amide bonds. The Hall–Kier alpha value is -1.86. The maximum Gasteiger partial charge on any atom is 0.243 e. The summed E-state index contributed by atoms with van der Waals surface area (Å²) in [7, 11) is -3.62. The van der Waals surface area contributed by atoms with Crippen molar-refractivity contribution in [1.82, 2.24) is 14.2 Å². The average molecular weight is 446 g/mol. The van der Waals surface area contributed by atoms with E-state index in [0.717, 1.165) is 43.1 Å². The van der Waals surface area contributed by atoms with Crippen LogP contribution in [0.1, 0.15) is 64.7 Å². The third kappa shape index (κ3) is 4.98. The Balaban J connectivity index is 1.45. The van der Waals surface area contributed by atoms with Gasteiger partial charge in [-0.15, -0.1) is 0 Å². The van der Waals surface area contributed by atoms with E-state index in [0.29, 0.717) is 11.4 Å². The number of sulfonamides is 1. The second kappa shape index (κ2) is 9.74. The number of benzene rings is 1. The lowest BCUT2D eigenvalue weighted by atomic mass is 9.94. The number of fused-ring (bicyclic) bond motifs is 1. The Kier molecular flexibility index (Phi) is 7.02. The lowest BCUT2D eigenvalue weighted by molar-refractivity contribution is -0.126. The van der Waals surface area contributed by atoms with Crippen molar-refractivity contribution < 1.29 is 13.2 Å². The van der Waals surface area contributed by atoms with Gasteiger partial charge in [-0.05, 0) is 56.9 Å². The third-order valence-corrected chi connectivity index (χ3v) is 8.79. The van der Waals surface area contributed by atoms with E-state index in [-0.39, 0.29) is 24.4 Å². The first-order valence-electron chi connectivity index (χ1n) is 11.9. The molecule has 2 aliphatic rings. The van der Waals surface area contributed by atoms with Crippen molar-refractivity contribution in [2.75, 3.05) is 13.1 Å². The van der Waals surface area contributed by atoms with Crippen LogP contribution in [0.5, 0.6) is 0 Å². The van der Waals surface area contributed by atoms with Crippen LogP contribution in [0.2, 0.25) is 0 Å². The van der Waals surface area contributed by atoms with Gasteiger partial charge >= 0.3 is 0 Å². The van der Waals surface area contributed by atoms with Gasteiger partial charge in [0.15, 0.2) is 0 Å². The lowest BCUT2D eigenvalue weighted by Crippen LogP contribution is -2.47. The molecule has 0 spiro atoms. The van der Waals surface area contributed by atoms with Crippen LogP contribution < -0.4 is 5.32 Å². The Morgan fingerprint density at radius 1 is 1.03 bits per heavy atom. The zero-order chi connectivity index (χ0) is 21.8. The van der Waals surface area contributed by atoms with Crippen molar-refractivity contribution in [3.05, 3.63) is 30.5 Å². The molecule has 1 N–H and O–H groups in total. The molecule has 1 aliphatic carbocycles. The molecular weight excluding hydrogens is 410 g/mol. The summed E-state index contributed by atoms with van der Waals surface area (Å²) >= 11 is 0. The maximum absolute atomic E-state index is 13.3. The molecule has 0 bridgehead atoms. The Bertz CT molecular complexity index is 1010. The number of rotatable bonds is 5. The molecular formula is C24H35N3O3S. The summed E-state index contributed by atoms with van der Waals surface area (Å²) < 4.78 is 30.3. The summed E-state index contributed by atoms with van der Waals surface area (Å²) in [6.45, 7) is 3.66. The molecule has 6 nitrogen and oxygen atoms in total. The van der Waals surface area contributed by atoms with Gasteiger partial charge in [-0.25, -0.2) is 8.42 Å². The van der Waals surface area contributed by atoms with E-state index < -0.39 is 10.0 Å². The number of aryl methyl sites for hydroxylation is 1. The van der Waals surface area contributed by atoms with E-state index in [1.165, 1.54) is 36.4 Å². The second-order valence-corrected chi connectivity index (χ2v) is 11.0.